The molecule has 1 amide bonds. The molecule has 0 unspecified atom stereocenters. The zero-order valence-electron chi connectivity index (χ0n) is 16.1. The summed E-state index contributed by atoms with van der Waals surface area (Å²) in [5.41, 5.74) is 4.53. The van der Waals surface area contributed by atoms with Crippen molar-refractivity contribution in [2.45, 2.75) is 25.7 Å². The van der Waals surface area contributed by atoms with Crippen LogP contribution < -0.4 is 0 Å². The minimum Gasteiger partial charge on any atom is -0.343 e. The van der Waals surface area contributed by atoms with E-state index in [1.54, 1.807) is 4.68 Å². The van der Waals surface area contributed by atoms with Crippen molar-refractivity contribution in [3.8, 4) is 17.1 Å². The monoisotopic (exact) mass is 386 g/mol. The average molecular weight is 386 g/mol. The molecule has 1 aliphatic heterocycles. The van der Waals surface area contributed by atoms with E-state index in [4.69, 9.17) is 0 Å². The van der Waals surface area contributed by atoms with Crippen molar-refractivity contribution in [1.82, 2.24) is 30.1 Å². The standard InChI is InChI=1S/C22H22N6O/c29-21(27-12-3-4-13-27)11-10-16-6-5-7-17(14-16)28-15-20(24-26-28)22-18-8-1-2-9-19(18)23-25-22/h1-2,5-9,14-15H,3-4,10-13H2,(H,23,25). The largest absolute Gasteiger partial charge is 0.343 e. The van der Waals surface area contributed by atoms with Gasteiger partial charge in [0.1, 0.15) is 11.4 Å². The van der Waals surface area contributed by atoms with E-state index in [0.29, 0.717) is 6.42 Å². The summed E-state index contributed by atoms with van der Waals surface area (Å²) in [4.78, 5) is 14.3. The zero-order valence-corrected chi connectivity index (χ0v) is 16.1. The fourth-order valence-corrected chi connectivity index (χ4v) is 3.89. The lowest BCUT2D eigenvalue weighted by molar-refractivity contribution is -0.130. The lowest BCUT2D eigenvalue weighted by atomic mass is 10.1. The maximum absolute atomic E-state index is 12.3. The van der Waals surface area contributed by atoms with Gasteiger partial charge in [0.25, 0.3) is 0 Å². The van der Waals surface area contributed by atoms with Crippen LogP contribution in [0, 0.1) is 0 Å². The van der Waals surface area contributed by atoms with Gasteiger partial charge >= 0.3 is 0 Å². The smallest absolute Gasteiger partial charge is 0.222 e. The van der Waals surface area contributed by atoms with Gasteiger partial charge in [-0.05, 0) is 43.0 Å². The molecule has 146 valence electrons. The summed E-state index contributed by atoms with van der Waals surface area (Å²) in [6.45, 7) is 1.81. The molecule has 1 fully saturated rings. The normalized spacial score (nSPS) is 14.0. The first-order valence-corrected chi connectivity index (χ1v) is 10.0. The number of carbonyl (C=O) groups excluding carboxylic acids is 1. The number of carbonyl (C=O) groups is 1. The Bertz CT molecular complexity index is 1150. The topological polar surface area (TPSA) is 79.7 Å². The molecule has 7 nitrogen and oxygen atoms in total. The summed E-state index contributed by atoms with van der Waals surface area (Å²) in [5, 5.41) is 17.0. The third-order valence-electron chi connectivity index (χ3n) is 5.47. The first-order chi connectivity index (χ1) is 14.3. The number of aryl methyl sites for hydroxylation is 1. The molecular formula is C22H22N6O. The minimum absolute atomic E-state index is 0.251. The Labute approximate surface area is 168 Å². The van der Waals surface area contributed by atoms with Crippen LogP contribution in [0.4, 0.5) is 0 Å². The van der Waals surface area contributed by atoms with E-state index in [1.807, 2.05) is 47.5 Å². The summed E-state index contributed by atoms with van der Waals surface area (Å²) < 4.78 is 1.75. The molecule has 0 bridgehead atoms. The van der Waals surface area contributed by atoms with Gasteiger partial charge in [-0.3, -0.25) is 9.89 Å². The Kier molecular flexibility index (Phi) is 4.56. The molecule has 0 radical (unpaired) electrons. The SMILES string of the molecule is O=C(CCc1cccc(-n2cc(-c3n[nH]c4ccccc34)nn2)c1)N1CCCC1. The minimum atomic E-state index is 0.251. The predicted molar refractivity (Wildman–Crippen MR) is 111 cm³/mol. The van der Waals surface area contributed by atoms with E-state index < -0.39 is 0 Å². The second-order valence-electron chi connectivity index (χ2n) is 7.42. The van der Waals surface area contributed by atoms with Crippen LogP contribution in [0.5, 0.6) is 0 Å². The summed E-state index contributed by atoms with van der Waals surface area (Å²) in [7, 11) is 0. The second-order valence-corrected chi connectivity index (χ2v) is 7.42. The molecule has 1 N–H and O–H groups in total. The fourth-order valence-electron chi connectivity index (χ4n) is 3.89. The number of hydrogen-bond donors (Lipinski definition) is 1. The Morgan fingerprint density at radius 3 is 2.83 bits per heavy atom. The second kappa shape index (κ2) is 7.50. The van der Waals surface area contributed by atoms with Gasteiger partial charge in [0.05, 0.1) is 17.4 Å². The van der Waals surface area contributed by atoms with Crippen LogP contribution >= 0.6 is 0 Å². The van der Waals surface area contributed by atoms with Crippen molar-refractivity contribution in [2.24, 2.45) is 0 Å². The third-order valence-corrected chi connectivity index (χ3v) is 5.47. The number of likely N-dealkylation sites (tertiary alicyclic amines) is 1. The van der Waals surface area contributed by atoms with Gasteiger partial charge < -0.3 is 4.90 Å². The van der Waals surface area contributed by atoms with E-state index in [2.05, 4.69) is 32.6 Å². The van der Waals surface area contributed by atoms with Gasteiger partial charge in [-0.2, -0.15) is 5.10 Å². The molecule has 0 saturated carbocycles. The highest BCUT2D eigenvalue weighted by Crippen LogP contribution is 2.24. The summed E-state index contributed by atoms with van der Waals surface area (Å²) in [5.74, 6) is 0.251. The van der Waals surface area contributed by atoms with Crippen molar-refractivity contribution >= 4 is 16.8 Å². The van der Waals surface area contributed by atoms with Crippen LogP contribution in [0.3, 0.4) is 0 Å². The molecule has 0 aliphatic carbocycles. The Morgan fingerprint density at radius 2 is 1.93 bits per heavy atom. The Hall–Kier alpha value is -3.48. The summed E-state index contributed by atoms with van der Waals surface area (Å²) >= 11 is 0. The molecule has 4 aromatic rings. The van der Waals surface area contributed by atoms with Crippen LogP contribution in [0.15, 0.2) is 54.7 Å². The van der Waals surface area contributed by atoms with Gasteiger partial charge in [0.2, 0.25) is 5.91 Å². The van der Waals surface area contributed by atoms with Gasteiger partial charge in [0, 0.05) is 24.9 Å². The number of nitrogens with zero attached hydrogens (tertiary/aromatic N) is 5. The predicted octanol–water partition coefficient (Wildman–Crippen LogP) is 3.37. The molecule has 0 atom stereocenters. The Morgan fingerprint density at radius 1 is 1.07 bits per heavy atom. The summed E-state index contributed by atoms with van der Waals surface area (Å²) in [6, 6.07) is 16.1. The van der Waals surface area contributed by atoms with Crippen LogP contribution in [-0.4, -0.2) is 49.1 Å². The molecule has 2 aromatic carbocycles. The Balaban J connectivity index is 1.34. The molecule has 1 aliphatic rings. The van der Waals surface area contributed by atoms with Gasteiger partial charge in [-0.25, -0.2) is 4.68 Å². The maximum atomic E-state index is 12.3. The number of amides is 1. The molecule has 2 aromatic heterocycles. The number of nitrogens with one attached hydrogen (secondary N) is 1. The number of H-pyrrole nitrogens is 1. The number of hydrogen-bond acceptors (Lipinski definition) is 4. The van der Waals surface area contributed by atoms with E-state index >= 15 is 0 Å². The number of aromatic nitrogens is 5. The summed E-state index contributed by atoms with van der Waals surface area (Å²) in [6.07, 6.45) is 5.42. The van der Waals surface area contributed by atoms with Crippen molar-refractivity contribution < 1.29 is 4.79 Å². The molecule has 0 spiro atoms. The number of para-hydroxylation sites is 1. The van der Waals surface area contributed by atoms with E-state index in [0.717, 1.165) is 65.9 Å². The highest BCUT2D eigenvalue weighted by atomic mass is 16.2. The van der Waals surface area contributed by atoms with E-state index in [9.17, 15) is 4.79 Å². The van der Waals surface area contributed by atoms with Crippen LogP contribution in [0.25, 0.3) is 28.0 Å². The van der Waals surface area contributed by atoms with Crippen molar-refractivity contribution in [1.29, 1.82) is 0 Å². The van der Waals surface area contributed by atoms with Gasteiger partial charge in [-0.1, -0.05) is 35.5 Å². The van der Waals surface area contributed by atoms with Crippen molar-refractivity contribution in [3.63, 3.8) is 0 Å². The first-order valence-electron chi connectivity index (χ1n) is 10.0. The molecule has 5 rings (SSSR count). The quantitative estimate of drug-likeness (QED) is 0.570. The van der Waals surface area contributed by atoms with Gasteiger partial charge in [-0.15, -0.1) is 5.10 Å². The lowest BCUT2D eigenvalue weighted by Crippen LogP contribution is -2.27. The van der Waals surface area contributed by atoms with Gasteiger partial charge in [0.15, 0.2) is 0 Å². The molecule has 29 heavy (non-hydrogen) atoms. The molecular weight excluding hydrogens is 364 g/mol. The molecule has 3 heterocycles. The van der Waals surface area contributed by atoms with Crippen LogP contribution in [0.1, 0.15) is 24.8 Å². The number of fused-ring (bicyclic) bond motifs is 1. The first kappa shape index (κ1) is 17.6. The molecule has 7 heteroatoms. The number of rotatable bonds is 5. The van der Waals surface area contributed by atoms with Crippen LogP contribution in [-0.2, 0) is 11.2 Å². The number of aromatic amines is 1. The maximum Gasteiger partial charge on any atom is 0.222 e. The van der Waals surface area contributed by atoms with Crippen LogP contribution in [0.2, 0.25) is 0 Å². The van der Waals surface area contributed by atoms with E-state index in [-0.39, 0.29) is 5.91 Å². The fraction of sp³-hybridized carbons (Fsp3) is 0.273. The highest BCUT2D eigenvalue weighted by Gasteiger charge is 2.17. The van der Waals surface area contributed by atoms with Crippen molar-refractivity contribution in [3.05, 3.63) is 60.3 Å². The van der Waals surface area contributed by atoms with E-state index in [1.165, 1.54) is 0 Å². The third kappa shape index (κ3) is 3.51. The van der Waals surface area contributed by atoms with Crippen molar-refractivity contribution in [2.75, 3.05) is 13.1 Å². The average Bonchev–Trinajstić information content (AvgIpc) is 3.52. The molecule has 1 saturated heterocycles. The lowest BCUT2D eigenvalue weighted by Gasteiger charge is -2.15. The highest BCUT2D eigenvalue weighted by molar-refractivity contribution is 5.91. The number of benzene rings is 2. The zero-order chi connectivity index (χ0) is 19.6.